The molecule has 2 aromatic rings. The van der Waals surface area contributed by atoms with Crippen LogP contribution in [-0.2, 0) is 13.0 Å². The second-order valence-corrected chi connectivity index (χ2v) is 4.30. The van der Waals surface area contributed by atoms with Gasteiger partial charge < -0.3 is 9.30 Å². The Labute approximate surface area is 106 Å². The Morgan fingerprint density at radius 3 is 2.88 bits per heavy atom. The van der Waals surface area contributed by atoms with Crippen LogP contribution in [-0.4, -0.2) is 22.5 Å². The molecule has 92 valence electrons. The van der Waals surface area contributed by atoms with Crippen molar-refractivity contribution >= 4 is 22.6 Å². The van der Waals surface area contributed by atoms with Gasteiger partial charge in [0.2, 0.25) is 0 Å². The van der Waals surface area contributed by atoms with Crippen molar-refractivity contribution < 1.29 is 4.74 Å². The zero-order valence-corrected chi connectivity index (χ0v) is 11.0. The Hall–Kier alpha value is -1.22. The molecular formula is C13H17ClN2O. The average molecular weight is 253 g/mol. The van der Waals surface area contributed by atoms with Crippen molar-refractivity contribution in [3.05, 3.63) is 24.0 Å². The molecule has 4 heteroatoms. The predicted octanol–water partition coefficient (Wildman–Crippen LogP) is 3.24. The van der Waals surface area contributed by atoms with Crippen molar-refractivity contribution in [2.24, 2.45) is 0 Å². The Kier molecular flexibility index (Phi) is 3.89. The molecular weight excluding hydrogens is 236 g/mol. The third kappa shape index (κ3) is 2.39. The minimum absolute atomic E-state index is 0.677. The summed E-state index contributed by atoms with van der Waals surface area (Å²) in [5.41, 5.74) is 2.16. The molecule has 0 saturated heterocycles. The van der Waals surface area contributed by atoms with Crippen LogP contribution in [0.4, 0.5) is 0 Å². The largest absolute Gasteiger partial charge is 0.497 e. The maximum Gasteiger partial charge on any atom is 0.121 e. The molecule has 1 aromatic carbocycles. The van der Waals surface area contributed by atoms with E-state index in [1.165, 1.54) is 0 Å². The van der Waals surface area contributed by atoms with E-state index in [0.717, 1.165) is 42.0 Å². The Bertz CT molecular complexity index is 507. The molecule has 0 aliphatic rings. The standard InChI is InChI=1S/C13H17ClN2O/c1-3-16-12-7-6-10(17-2)9-11(12)15-13(16)5-4-8-14/h6-7,9H,3-5,8H2,1-2H3. The maximum atomic E-state index is 5.74. The van der Waals surface area contributed by atoms with Crippen molar-refractivity contribution in [2.75, 3.05) is 13.0 Å². The molecule has 17 heavy (non-hydrogen) atoms. The summed E-state index contributed by atoms with van der Waals surface area (Å²) in [6.45, 7) is 3.07. The van der Waals surface area contributed by atoms with E-state index in [1.807, 2.05) is 12.1 Å². The normalized spacial score (nSPS) is 11.0. The summed E-state index contributed by atoms with van der Waals surface area (Å²) >= 11 is 5.74. The van der Waals surface area contributed by atoms with Crippen LogP contribution in [0.15, 0.2) is 18.2 Å². The zero-order chi connectivity index (χ0) is 12.3. The van der Waals surface area contributed by atoms with E-state index in [9.17, 15) is 0 Å². The molecule has 1 heterocycles. The van der Waals surface area contributed by atoms with Gasteiger partial charge in [-0.1, -0.05) is 0 Å². The topological polar surface area (TPSA) is 27.1 Å². The summed E-state index contributed by atoms with van der Waals surface area (Å²) < 4.78 is 7.45. The molecule has 0 bridgehead atoms. The maximum absolute atomic E-state index is 5.74. The molecule has 0 saturated carbocycles. The van der Waals surface area contributed by atoms with E-state index in [4.69, 9.17) is 16.3 Å². The number of alkyl halides is 1. The molecule has 0 fully saturated rings. The minimum Gasteiger partial charge on any atom is -0.497 e. The highest BCUT2D eigenvalue weighted by molar-refractivity contribution is 6.17. The molecule has 0 radical (unpaired) electrons. The van der Waals surface area contributed by atoms with Gasteiger partial charge in [-0.05, 0) is 25.5 Å². The summed E-state index contributed by atoms with van der Waals surface area (Å²) in [5.74, 6) is 2.63. The predicted molar refractivity (Wildman–Crippen MR) is 71.0 cm³/mol. The lowest BCUT2D eigenvalue weighted by molar-refractivity contribution is 0.415. The summed E-state index contributed by atoms with van der Waals surface area (Å²) in [7, 11) is 1.67. The quantitative estimate of drug-likeness (QED) is 0.764. The first-order valence-corrected chi connectivity index (χ1v) is 6.42. The molecule has 0 amide bonds. The van der Waals surface area contributed by atoms with E-state index < -0.39 is 0 Å². The van der Waals surface area contributed by atoms with Crippen LogP contribution >= 0.6 is 11.6 Å². The van der Waals surface area contributed by atoms with Crippen LogP contribution in [0.2, 0.25) is 0 Å². The van der Waals surface area contributed by atoms with Crippen LogP contribution in [0.25, 0.3) is 11.0 Å². The van der Waals surface area contributed by atoms with Crippen molar-refractivity contribution in [3.63, 3.8) is 0 Å². The van der Waals surface area contributed by atoms with Gasteiger partial charge in [0.1, 0.15) is 11.6 Å². The molecule has 0 aliphatic carbocycles. The fourth-order valence-electron chi connectivity index (χ4n) is 2.06. The molecule has 0 N–H and O–H groups in total. The first-order chi connectivity index (χ1) is 8.30. The number of aromatic nitrogens is 2. The summed E-state index contributed by atoms with van der Waals surface area (Å²) in [6, 6.07) is 6.02. The Morgan fingerprint density at radius 2 is 2.24 bits per heavy atom. The molecule has 0 aliphatic heterocycles. The SMILES string of the molecule is CCn1c(CCCCl)nc2cc(OC)ccc21. The summed E-state index contributed by atoms with van der Waals surface area (Å²) in [4.78, 5) is 4.65. The second kappa shape index (κ2) is 5.41. The van der Waals surface area contributed by atoms with Gasteiger partial charge in [-0.2, -0.15) is 0 Å². The first-order valence-electron chi connectivity index (χ1n) is 5.89. The van der Waals surface area contributed by atoms with Crippen LogP contribution in [0.1, 0.15) is 19.2 Å². The lowest BCUT2D eigenvalue weighted by Gasteiger charge is -2.05. The summed E-state index contributed by atoms with van der Waals surface area (Å²) in [5, 5.41) is 0. The number of benzene rings is 1. The van der Waals surface area contributed by atoms with Crippen molar-refractivity contribution in [1.82, 2.24) is 9.55 Å². The van der Waals surface area contributed by atoms with Crippen molar-refractivity contribution in [3.8, 4) is 5.75 Å². The molecule has 1 aromatic heterocycles. The van der Waals surface area contributed by atoms with Gasteiger partial charge in [-0.25, -0.2) is 4.98 Å². The van der Waals surface area contributed by atoms with Crippen LogP contribution in [0.3, 0.4) is 0 Å². The fraction of sp³-hybridized carbons (Fsp3) is 0.462. The third-order valence-electron chi connectivity index (χ3n) is 2.88. The zero-order valence-electron chi connectivity index (χ0n) is 10.2. The van der Waals surface area contributed by atoms with Gasteiger partial charge >= 0.3 is 0 Å². The van der Waals surface area contributed by atoms with E-state index in [0.29, 0.717) is 5.88 Å². The number of ether oxygens (including phenoxy) is 1. The lowest BCUT2D eigenvalue weighted by Crippen LogP contribution is -2.02. The van der Waals surface area contributed by atoms with E-state index in [2.05, 4.69) is 22.5 Å². The average Bonchev–Trinajstić information content (AvgIpc) is 2.72. The molecule has 3 nitrogen and oxygen atoms in total. The van der Waals surface area contributed by atoms with Crippen molar-refractivity contribution in [1.29, 1.82) is 0 Å². The van der Waals surface area contributed by atoms with E-state index >= 15 is 0 Å². The van der Waals surface area contributed by atoms with Gasteiger partial charge in [0.05, 0.1) is 18.1 Å². The van der Waals surface area contributed by atoms with Crippen LogP contribution < -0.4 is 4.74 Å². The van der Waals surface area contributed by atoms with Crippen LogP contribution in [0, 0.1) is 0 Å². The number of hydrogen-bond donors (Lipinski definition) is 0. The molecule has 0 atom stereocenters. The molecule has 0 unspecified atom stereocenters. The van der Waals surface area contributed by atoms with Gasteiger partial charge in [-0.15, -0.1) is 11.6 Å². The van der Waals surface area contributed by atoms with Gasteiger partial charge in [0.15, 0.2) is 0 Å². The number of fused-ring (bicyclic) bond motifs is 1. The lowest BCUT2D eigenvalue weighted by atomic mass is 10.3. The van der Waals surface area contributed by atoms with Crippen LogP contribution in [0.5, 0.6) is 5.75 Å². The monoisotopic (exact) mass is 252 g/mol. The number of hydrogen-bond acceptors (Lipinski definition) is 2. The number of methoxy groups -OCH3 is 1. The van der Waals surface area contributed by atoms with Crippen molar-refractivity contribution in [2.45, 2.75) is 26.3 Å². The minimum atomic E-state index is 0.677. The van der Waals surface area contributed by atoms with E-state index in [-0.39, 0.29) is 0 Å². The fourth-order valence-corrected chi connectivity index (χ4v) is 2.19. The van der Waals surface area contributed by atoms with Gasteiger partial charge in [-0.3, -0.25) is 0 Å². The Balaban J connectivity index is 2.46. The number of imidazole rings is 1. The third-order valence-corrected chi connectivity index (χ3v) is 3.15. The number of nitrogens with zero attached hydrogens (tertiary/aromatic N) is 2. The highest BCUT2D eigenvalue weighted by Gasteiger charge is 2.09. The number of aryl methyl sites for hydroxylation is 2. The first kappa shape index (κ1) is 12.2. The molecule has 2 rings (SSSR count). The summed E-state index contributed by atoms with van der Waals surface area (Å²) in [6.07, 6.45) is 1.89. The van der Waals surface area contributed by atoms with E-state index in [1.54, 1.807) is 7.11 Å². The highest BCUT2D eigenvalue weighted by Crippen LogP contribution is 2.22. The Morgan fingerprint density at radius 1 is 1.41 bits per heavy atom. The van der Waals surface area contributed by atoms with Gasteiger partial charge in [0, 0.05) is 24.9 Å². The number of rotatable bonds is 5. The second-order valence-electron chi connectivity index (χ2n) is 3.92. The highest BCUT2D eigenvalue weighted by atomic mass is 35.5. The molecule has 0 spiro atoms. The number of halogens is 1. The smallest absolute Gasteiger partial charge is 0.121 e. The van der Waals surface area contributed by atoms with Gasteiger partial charge in [0.25, 0.3) is 0 Å².